The minimum Gasteiger partial charge on any atom is -0.813 e. The Bertz CT molecular complexity index is 59.4. The maximum Gasteiger partial charge on any atom is 0 e. The van der Waals surface area contributed by atoms with Crippen LogP contribution in [0.25, 0.3) is 0 Å². The van der Waals surface area contributed by atoms with Crippen molar-refractivity contribution < 1.29 is 39.0 Å². The summed E-state index contributed by atoms with van der Waals surface area (Å²) in [4.78, 5) is 0. The summed E-state index contributed by atoms with van der Waals surface area (Å²) >= 11 is 0. The summed E-state index contributed by atoms with van der Waals surface area (Å²) in [5.41, 5.74) is 0. The molecule has 27 heavy (non-hydrogen) atoms. The molecule has 0 saturated heterocycles. The van der Waals surface area contributed by atoms with E-state index in [2.05, 4.69) is 83.1 Å². The molecule has 0 spiro atoms. The molecular formula is C24H55SZn2-7. The molecule has 0 aromatic carbocycles. The zero-order valence-corrected chi connectivity index (χ0v) is 27.4. The first kappa shape index (κ1) is 56.7. The van der Waals surface area contributed by atoms with Crippen LogP contribution in [0.1, 0.15) is 119 Å². The molecule has 0 radical (unpaired) electrons. The number of hydrogen-bond acceptors (Lipinski definition) is 1. The maximum atomic E-state index is 3.60. The van der Waals surface area contributed by atoms with Crippen LogP contribution in [-0.2, 0) is 52.5 Å². The fourth-order valence-electron chi connectivity index (χ4n) is 0. The van der Waals surface area contributed by atoms with Crippen molar-refractivity contribution in [3.8, 4) is 0 Å². The van der Waals surface area contributed by atoms with Crippen molar-refractivity contribution in [2.24, 2.45) is 0 Å². The molecule has 0 heterocycles. The normalized spacial score (nSPS) is 6.67. The Morgan fingerprint density at radius 2 is 0.370 bits per heavy atom. The first-order chi connectivity index (χ1) is 11.5. The van der Waals surface area contributed by atoms with E-state index in [0.717, 1.165) is 38.5 Å². The van der Waals surface area contributed by atoms with Gasteiger partial charge in [0.1, 0.15) is 0 Å². The van der Waals surface area contributed by atoms with Crippen molar-refractivity contribution in [1.29, 1.82) is 0 Å². The molecule has 0 N–H and O–H groups in total. The molecule has 0 saturated carbocycles. The molecule has 0 aliphatic heterocycles. The molecule has 168 valence electrons. The van der Waals surface area contributed by atoms with Gasteiger partial charge in [-0.05, 0) is 0 Å². The Labute approximate surface area is 211 Å². The van der Waals surface area contributed by atoms with Gasteiger partial charge in [-0.2, -0.15) is 38.5 Å². The van der Waals surface area contributed by atoms with Gasteiger partial charge in [0.2, 0.25) is 0 Å². The zero-order chi connectivity index (χ0) is 20.5. The van der Waals surface area contributed by atoms with Crippen LogP contribution in [0, 0.1) is 41.5 Å². The second-order valence-corrected chi connectivity index (χ2v) is 5.12. The maximum absolute atomic E-state index is 3.60. The van der Waals surface area contributed by atoms with Crippen molar-refractivity contribution >= 4 is 13.5 Å². The van der Waals surface area contributed by atoms with Crippen LogP contribution < -0.4 is 0 Å². The third kappa shape index (κ3) is 313. The SMILES string of the molecule is [CH2-]CCC.[CH2-]CCC.[CH2-]CCC.[CH2-]CCC.[CH2-]CCC.[CH2-]CCC.[SH-].[Zn].[Zn]. The Morgan fingerprint density at radius 1 is 0.333 bits per heavy atom. The monoisotopic (exact) mass is 503 g/mol. The number of thiol groups is 1. The summed E-state index contributed by atoms with van der Waals surface area (Å²) in [5.74, 6) is 0. The number of hydrogen-bond donors (Lipinski definition) is 0. The van der Waals surface area contributed by atoms with Gasteiger partial charge in [0.05, 0.1) is 0 Å². The molecule has 0 nitrogen and oxygen atoms in total. The van der Waals surface area contributed by atoms with Gasteiger partial charge in [-0.15, -0.1) is 0 Å². The van der Waals surface area contributed by atoms with Crippen LogP contribution in [0.15, 0.2) is 0 Å². The van der Waals surface area contributed by atoms with Gasteiger partial charge in [0.25, 0.3) is 0 Å². The summed E-state index contributed by atoms with van der Waals surface area (Å²) < 4.78 is 0. The summed E-state index contributed by atoms with van der Waals surface area (Å²) in [6.45, 7) is 34.3. The van der Waals surface area contributed by atoms with Crippen LogP contribution in [0.5, 0.6) is 0 Å². The van der Waals surface area contributed by atoms with E-state index >= 15 is 0 Å². The third-order valence-electron chi connectivity index (χ3n) is 2.12. The molecule has 0 aliphatic carbocycles. The fourth-order valence-corrected chi connectivity index (χ4v) is 0. The van der Waals surface area contributed by atoms with Gasteiger partial charge in [-0.25, -0.2) is 0 Å². The molecule has 0 aromatic heterocycles. The minimum atomic E-state index is 0. The van der Waals surface area contributed by atoms with Crippen LogP contribution >= 0.6 is 0 Å². The smallest absolute Gasteiger partial charge is 0 e. The predicted octanol–water partition coefficient (Wildman–Crippen LogP) is 9.45. The van der Waals surface area contributed by atoms with E-state index in [1.54, 1.807) is 0 Å². The molecule has 0 unspecified atom stereocenters. The zero-order valence-electron chi connectivity index (χ0n) is 20.6. The Kier molecular flexibility index (Phi) is 222. The molecule has 0 amide bonds. The van der Waals surface area contributed by atoms with E-state index in [4.69, 9.17) is 0 Å². The second-order valence-electron chi connectivity index (χ2n) is 5.12. The van der Waals surface area contributed by atoms with E-state index in [1.165, 1.54) is 38.5 Å². The van der Waals surface area contributed by atoms with Crippen molar-refractivity contribution in [3.05, 3.63) is 41.5 Å². The van der Waals surface area contributed by atoms with Crippen molar-refractivity contribution in [2.45, 2.75) is 119 Å². The first-order valence-corrected chi connectivity index (χ1v) is 10.2. The molecule has 0 rings (SSSR count). The standard InChI is InChI=1S/6C4H9.H2S.2Zn/c6*1-3-4-2;;;/h6*1,3-4H2,2H3;1H2;;/q6*-1;;;/p-1. The van der Waals surface area contributed by atoms with Gasteiger partial charge in [0, 0.05) is 39.0 Å². The van der Waals surface area contributed by atoms with Crippen molar-refractivity contribution in [2.75, 3.05) is 0 Å². The Balaban J connectivity index is -0.0000000201. The quantitative estimate of drug-likeness (QED) is 0.150. The first-order valence-electron chi connectivity index (χ1n) is 10.2. The molecule has 0 fully saturated rings. The van der Waals surface area contributed by atoms with Crippen molar-refractivity contribution in [1.82, 2.24) is 0 Å². The molecule has 0 atom stereocenters. The third-order valence-corrected chi connectivity index (χ3v) is 2.12. The van der Waals surface area contributed by atoms with E-state index in [1.807, 2.05) is 0 Å². The van der Waals surface area contributed by atoms with Crippen molar-refractivity contribution in [3.63, 3.8) is 0 Å². The average molecular weight is 507 g/mol. The molecule has 0 aliphatic rings. The predicted molar refractivity (Wildman–Crippen MR) is 130 cm³/mol. The van der Waals surface area contributed by atoms with Crippen LogP contribution in [0.3, 0.4) is 0 Å². The number of unbranched alkanes of at least 4 members (excludes halogenated alkanes) is 6. The summed E-state index contributed by atoms with van der Waals surface area (Å²) in [6, 6.07) is 0. The second kappa shape index (κ2) is 106. The van der Waals surface area contributed by atoms with E-state index < -0.39 is 0 Å². The molecule has 0 aromatic rings. The van der Waals surface area contributed by atoms with E-state index in [0.29, 0.717) is 0 Å². The van der Waals surface area contributed by atoms with Gasteiger partial charge in [0.15, 0.2) is 0 Å². The Hall–Kier alpha value is 1.60. The molecular weight excluding hydrogens is 451 g/mol. The summed E-state index contributed by atoms with van der Waals surface area (Å²) in [7, 11) is 0. The van der Waals surface area contributed by atoms with E-state index in [9.17, 15) is 0 Å². The average Bonchev–Trinajstić information content (AvgIpc) is 2.68. The minimum absolute atomic E-state index is 0. The van der Waals surface area contributed by atoms with E-state index in [-0.39, 0.29) is 52.5 Å². The topological polar surface area (TPSA) is 0 Å². The van der Waals surface area contributed by atoms with Gasteiger partial charge in [-0.1, -0.05) is 80.1 Å². The fraction of sp³-hybridized carbons (Fsp3) is 0.750. The van der Waals surface area contributed by atoms with Crippen LogP contribution in [-0.4, -0.2) is 0 Å². The summed E-state index contributed by atoms with van der Waals surface area (Å²) in [5, 5.41) is 0. The van der Waals surface area contributed by atoms with Gasteiger partial charge >= 0.3 is 0 Å². The largest absolute Gasteiger partial charge is 0.813 e. The van der Waals surface area contributed by atoms with Gasteiger partial charge in [-0.3, -0.25) is 0 Å². The Morgan fingerprint density at radius 3 is 0.370 bits per heavy atom. The van der Waals surface area contributed by atoms with Gasteiger partial charge < -0.3 is 55.0 Å². The van der Waals surface area contributed by atoms with Crippen LogP contribution in [0.2, 0.25) is 0 Å². The molecule has 3 heteroatoms. The summed E-state index contributed by atoms with van der Waals surface area (Å²) in [6.07, 6.45) is 13.7. The number of rotatable bonds is 6. The molecule has 0 bridgehead atoms. The van der Waals surface area contributed by atoms with Crippen LogP contribution in [0.4, 0.5) is 0 Å².